The van der Waals surface area contributed by atoms with E-state index in [4.69, 9.17) is 0 Å². The van der Waals surface area contributed by atoms with Crippen molar-refractivity contribution in [3.05, 3.63) is 0 Å². The van der Waals surface area contributed by atoms with Gasteiger partial charge >= 0.3 is 36.2 Å². The highest BCUT2D eigenvalue weighted by Crippen LogP contribution is 2.54. The quantitative estimate of drug-likeness (QED) is 0.511. The van der Waals surface area contributed by atoms with Gasteiger partial charge in [-0.3, -0.25) is 0 Å². The van der Waals surface area contributed by atoms with Gasteiger partial charge in [0.1, 0.15) is 0 Å². The number of rotatable bonds is 7. The molecular formula is C9H5F15O. The van der Waals surface area contributed by atoms with Gasteiger partial charge in [-0.25, -0.2) is 4.39 Å². The van der Waals surface area contributed by atoms with E-state index in [1.807, 2.05) is 0 Å². The number of hydrogen-bond acceptors (Lipinski definition) is 1. The van der Waals surface area contributed by atoms with Crippen molar-refractivity contribution < 1.29 is 70.6 Å². The minimum absolute atomic E-state index is 2.60. The van der Waals surface area contributed by atoms with Crippen LogP contribution in [0.25, 0.3) is 0 Å². The number of hydrogen-bond donors (Lipinski definition) is 0. The van der Waals surface area contributed by atoms with E-state index in [0.717, 1.165) is 0 Å². The van der Waals surface area contributed by atoms with Gasteiger partial charge in [0.05, 0.1) is 6.61 Å². The predicted molar refractivity (Wildman–Crippen MR) is 47.4 cm³/mol. The molecule has 16 heteroatoms. The normalized spacial score (nSPS) is 16.9. The van der Waals surface area contributed by atoms with Crippen LogP contribution in [0, 0.1) is 0 Å². The summed E-state index contributed by atoms with van der Waals surface area (Å²) in [6.07, 6.45) is -27.4. The van der Waals surface area contributed by atoms with E-state index in [9.17, 15) is 65.9 Å². The number of alkyl halides is 15. The largest absolute Gasteiger partial charge is 0.460 e. The Morgan fingerprint density at radius 1 is 0.640 bits per heavy atom. The summed E-state index contributed by atoms with van der Waals surface area (Å²) in [5, 5.41) is 0. The summed E-state index contributed by atoms with van der Waals surface area (Å²) in [5.41, 5.74) is 0. The fourth-order valence-corrected chi connectivity index (χ4v) is 1.14. The third kappa shape index (κ3) is 4.75. The molecule has 0 rings (SSSR count). The molecule has 0 aromatic heterocycles. The summed E-state index contributed by atoms with van der Waals surface area (Å²) in [6, 6.07) is 0. The van der Waals surface area contributed by atoms with Gasteiger partial charge in [0.15, 0.2) is 0 Å². The van der Waals surface area contributed by atoms with Crippen molar-refractivity contribution in [1.82, 2.24) is 0 Å². The Balaban J connectivity index is 5.17. The third-order valence-corrected chi connectivity index (χ3v) is 2.50. The first-order valence-corrected chi connectivity index (χ1v) is 5.54. The zero-order valence-corrected chi connectivity index (χ0v) is 11.1. The van der Waals surface area contributed by atoms with Crippen LogP contribution in [-0.2, 0) is 4.74 Å². The molecule has 0 unspecified atom stereocenters. The van der Waals surface area contributed by atoms with E-state index >= 15 is 0 Å². The monoisotopic (exact) mass is 414 g/mol. The lowest BCUT2D eigenvalue weighted by Gasteiger charge is -2.33. The molecule has 152 valence electrons. The second-order valence-electron chi connectivity index (χ2n) is 4.42. The summed E-state index contributed by atoms with van der Waals surface area (Å²) in [6.45, 7) is -2.60. The van der Waals surface area contributed by atoms with E-state index in [0.29, 0.717) is 0 Å². The molecule has 1 nitrogen and oxygen atoms in total. The van der Waals surface area contributed by atoms with E-state index in [1.54, 1.807) is 0 Å². The maximum Gasteiger partial charge on any atom is 0.460 e. The molecule has 0 saturated heterocycles. The van der Waals surface area contributed by atoms with Crippen molar-refractivity contribution >= 4 is 0 Å². The first-order chi connectivity index (χ1) is 10.6. The molecule has 0 aromatic carbocycles. The molecule has 0 bridgehead atoms. The van der Waals surface area contributed by atoms with Crippen molar-refractivity contribution in [3.8, 4) is 0 Å². The van der Waals surface area contributed by atoms with Gasteiger partial charge in [0, 0.05) is 6.42 Å². The summed E-state index contributed by atoms with van der Waals surface area (Å²) in [7, 11) is 0. The standard InChI is InChI=1S/C9H5F15O/c10-3(5(13,14)15)6(16,17)25-2-1-4(11,12)7(18,19)8(20,21)9(22,23)24/h3H,1-2H2/t3-/m0/s1. The highest BCUT2D eigenvalue weighted by atomic mass is 19.4. The van der Waals surface area contributed by atoms with Crippen LogP contribution in [0.3, 0.4) is 0 Å². The van der Waals surface area contributed by atoms with Crippen LogP contribution in [0.5, 0.6) is 0 Å². The average Bonchev–Trinajstić information content (AvgIpc) is 2.34. The van der Waals surface area contributed by atoms with E-state index in [2.05, 4.69) is 4.74 Å². The molecule has 0 radical (unpaired) electrons. The molecule has 0 aliphatic heterocycles. The Bertz CT molecular complexity index is 447. The van der Waals surface area contributed by atoms with Gasteiger partial charge in [-0.1, -0.05) is 0 Å². The molecule has 0 amide bonds. The molecule has 25 heavy (non-hydrogen) atoms. The van der Waals surface area contributed by atoms with E-state index in [-0.39, 0.29) is 0 Å². The molecule has 1 atom stereocenters. The maximum absolute atomic E-state index is 12.9. The number of halogens is 15. The highest BCUT2D eigenvalue weighted by molar-refractivity contribution is 5.00. The van der Waals surface area contributed by atoms with Crippen LogP contribution in [0.1, 0.15) is 6.42 Å². The SMILES string of the molecule is F[C@@H](C(F)(F)F)C(F)(F)OCCC(F)(F)C(F)(F)C(F)(F)C(F)(F)F. The van der Waals surface area contributed by atoms with Crippen LogP contribution in [0.4, 0.5) is 65.9 Å². The zero-order chi connectivity index (χ0) is 20.7. The highest BCUT2D eigenvalue weighted by Gasteiger charge is 2.81. The molecule has 0 N–H and O–H groups in total. The third-order valence-electron chi connectivity index (χ3n) is 2.50. The molecule has 0 aliphatic rings. The van der Waals surface area contributed by atoms with Crippen molar-refractivity contribution in [2.45, 2.75) is 48.8 Å². The molecule has 0 spiro atoms. The van der Waals surface area contributed by atoms with Crippen LogP contribution >= 0.6 is 0 Å². The molecule has 0 aromatic rings. The van der Waals surface area contributed by atoms with Crippen molar-refractivity contribution in [2.24, 2.45) is 0 Å². The van der Waals surface area contributed by atoms with Crippen molar-refractivity contribution in [2.75, 3.05) is 6.61 Å². The molecule has 0 aliphatic carbocycles. The Morgan fingerprint density at radius 3 is 1.36 bits per heavy atom. The van der Waals surface area contributed by atoms with Gasteiger partial charge in [0.25, 0.3) is 6.17 Å². The second kappa shape index (κ2) is 6.57. The van der Waals surface area contributed by atoms with E-state index < -0.39 is 55.4 Å². The Morgan fingerprint density at radius 2 is 1.04 bits per heavy atom. The average molecular weight is 414 g/mol. The first-order valence-electron chi connectivity index (χ1n) is 5.54. The zero-order valence-electron chi connectivity index (χ0n) is 11.1. The minimum atomic E-state index is -7.30. The van der Waals surface area contributed by atoms with Crippen molar-refractivity contribution in [3.63, 3.8) is 0 Å². The predicted octanol–water partition coefficient (Wildman–Crippen LogP) is 5.35. The smallest absolute Gasteiger partial charge is 0.318 e. The van der Waals surface area contributed by atoms with Crippen LogP contribution in [0.2, 0.25) is 0 Å². The second-order valence-corrected chi connectivity index (χ2v) is 4.42. The summed E-state index contributed by atoms with van der Waals surface area (Å²) >= 11 is 0. The van der Waals surface area contributed by atoms with Crippen LogP contribution in [0.15, 0.2) is 0 Å². The topological polar surface area (TPSA) is 9.23 Å². The summed E-state index contributed by atoms with van der Waals surface area (Å²) in [5.74, 6) is -20.8. The number of ether oxygens (including phenoxy) is 1. The first kappa shape index (κ1) is 23.9. The molecule has 0 heterocycles. The van der Waals surface area contributed by atoms with Gasteiger partial charge in [0.2, 0.25) is 0 Å². The fraction of sp³-hybridized carbons (Fsp3) is 1.00. The maximum atomic E-state index is 12.9. The Kier molecular flexibility index (Phi) is 6.28. The Hall–Kier alpha value is -1.09. The lowest BCUT2D eigenvalue weighted by Crippen LogP contribution is -2.61. The molecule has 0 fully saturated rings. The van der Waals surface area contributed by atoms with Gasteiger partial charge in [-0.2, -0.15) is 61.5 Å². The molecular weight excluding hydrogens is 409 g/mol. The lowest BCUT2D eigenvalue weighted by molar-refractivity contribution is -0.399. The van der Waals surface area contributed by atoms with Crippen molar-refractivity contribution in [1.29, 1.82) is 0 Å². The molecule has 0 saturated carbocycles. The van der Waals surface area contributed by atoms with Crippen LogP contribution < -0.4 is 0 Å². The van der Waals surface area contributed by atoms with Crippen LogP contribution in [-0.4, -0.2) is 49.0 Å². The Labute approximate surface area is 127 Å². The summed E-state index contributed by atoms with van der Waals surface area (Å²) < 4.78 is 186. The van der Waals surface area contributed by atoms with E-state index in [1.165, 1.54) is 0 Å². The lowest BCUT2D eigenvalue weighted by atomic mass is 10.0. The van der Waals surface area contributed by atoms with Gasteiger partial charge in [-0.15, -0.1) is 0 Å². The summed E-state index contributed by atoms with van der Waals surface area (Å²) in [4.78, 5) is 0. The van der Waals surface area contributed by atoms with Gasteiger partial charge < -0.3 is 4.74 Å². The van der Waals surface area contributed by atoms with Gasteiger partial charge in [-0.05, 0) is 0 Å². The fourth-order valence-electron chi connectivity index (χ4n) is 1.14. The minimum Gasteiger partial charge on any atom is -0.318 e.